The van der Waals surface area contributed by atoms with Crippen LogP contribution in [-0.2, 0) is 15.9 Å². The molecular formula is C52H32F10O. The fourth-order valence-electron chi connectivity index (χ4n) is 8.19. The minimum atomic E-state index is -2.67. The Balaban J connectivity index is 1.52. The van der Waals surface area contributed by atoms with Crippen molar-refractivity contribution < 1.29 is 48.6 Å². The average molecular weight is 863 g/mol. The maximum atomic E-state index is 17.4. The van der Waals surface area contributed by atoms with Gasteiger partial charge in [-0.3, -0.25) is 0 Å². The van der Waals surface area contributed by atoms with Crippen molar-refractivity contribution >= 4 is 0 Å². The summed E-state index contributed by atoms with van der Waals surface area (Å²) in [4.78, 5) is 0. The van der Waals surface area contributed by atoms with Crippen molar-refractivity contribution in [2.45, 2.75) is 23.5 Å². The molecule has 0 aromatic heterocycles. The van der Waals surface area contributed by atoms with Crippen molar-refractivity contribution in [3.8, 4) is 0 Å². The van der Waals surface area contributed by atoms with E-state index in [1.54, 1.807) is 121 Å². The van der Waals surface area contributed by atoms with E-state index in [1.807, 2.05) is 0 Å². The zero-order valence-electron chi connectivity index (χ0n) is 32.7. The standard InChI is InChI=1S/C52H32F10O/c53-41-29-37(45(57)49(61)47(41)59)43(55)35-25-13-15-27-39(35)51(31-17-5-1-6-18-31,32-19-7-2-8-20-32)63-52(33-21-9-3-10-22-33,34-23-11-4-12-24-34)40-28-16-14-26-36(40)44(56)38-30-42(54)48(60)50(62)46(38)58/h1-30,43-44H. The first-order valence-electron chi connectivity index (χ1n) is 19.5. The molecule has 0 bridgehead atoms. The number of hydrogen-bond acceptors (Lipinski definition) is 1. The maximum Gasteiger partial charge on any atom is 0.197 e. The van der Waals surface area contributed by atoms with Crippen molar-refractivity contribution in [2.24, 2.45) is 0 Å². The number of alkyl halides is 2. The summed E-state index contributed by atoms with van der Waals surface area (Å²) < 4.78 is 161. The van der Waals surface area contributed by atoms with E-state index in [9.17, 15) is 26.3 Å². The van der Waals surface area contributed by atoms with Gasteiger partial charge in [0.2, 0.25) is 0 Å². The van der Waals surface area contributed by atoms with Crippen LogP contribution in [0.5, 0.6) is 0 Å². The van der Waals surface area contributed by atoms with Crippen LogP contribution in [0.15, 0.2) is 182 Å². The van der Waals surface area contributed by atoms with E-state index in [4.69, 9.17) is 4.74 Å². The molecule has 0 saturated heterocycles. The van der Waals surface area contributed by atoms with E-state index in [0.717, 1.165) is 0 Å². The van der Waals surface area contributed by atoms with Gasteiger partial charge in [-0.1, -0.05) is 170 Å². The van der Waals surface area contributed by atoms with Crippen molar-refractivity contribution in [1.82, 2.24) is 0 Å². The lowest BCUT2D eigenvalue weighted by Crippen LogP contribution is -2.45. The molecule has 8 rings (SSSR count). The highest BCUT2D eigenvalue weighted by molar-refractivity contribution is 5.57. The van der Waals surface area contributed by atoms with Crippen LogP contribution in [0.3, 0.4) is 0 Å². The van der Waals surface area contributed by atoms with Crippen LogP contribution in [0, 0.1) is 46.5 Å². The first-order valence-corrected chi connectivity index (χ1v) is 19.5. The normalized spacial score (nSPS) is 12.9. The van der Waals surface area contributed by atoms with Crippen LogP contribution < -0.4 is 0 Å². The minimum absolute atomic E-state index is 0.0568. The zero-order chi connectivity index (χ0) is 44.5. The number of ether oxygens (including phenoxy) is 1. The summed E-state index contributed by atoms with van der Waals surface area (Å²) in [5.74, 6) is -16.3. The van der Waals surface area contributed by atoms with Crippen LogP contribution in [0.4, 0.5) is 43.9 Å². The predicted octanol–water partition coefficient (Wildman–Crippen LogP) is 14.2. The molecule has 0 fully saturated rings. The molecule has 316 valence electrons. The lowest BCUT2D eigenvalue weighted by atomic mass is 9.72. The van der Waals surface area contributed by atoms with Gasteiger partial charge < -0.3 is 4.74 Å². The monoisotopic (exact) mass is 862 g/mol. The second-order valence-electron chi connectivity index (χ2n) is 14.6. The van der Waals surface area contributed by atoms with E-state index in [2.05, 4.69) is 0 Å². The number of hydrogen-bond donors (Lipinski definition) is 0. The highest BCUT2D eigenvalue weighted by atomic mass is 19.2. The van der Waals surface area contributed by atoms with Gasteiger partial charge in [0, 0.05) is 11.1 Å². The summed E-state index contributed by atoms with van der Waals surface area (Å²) in [5.41, 5.74) is -6.20. The van der Waals surface area contributed by atoms with E-state index in [0.29, 0.717) is 22.3 Å². The average Bonchev–Trinajstić information content (AvgIpc) is 3.34. The number of benzene rings is 8. The first-order chi connectivity index (χ1) is 30.4. The molecule has 0 saturated carbocycles. The summed E-state index contributed by atoms with van der Waals surface area (Å²) >= 11 is 0. The third-order valence-electron chi connectivity index (χ3n) is 11.1. The summed E-state index contributed by atoms with van der Waals surface area (Å²) in [7, 11) is 0. The lowest BCUT2D eigenvalue weighted by Gasteiger charge is -2.47. The third kappa shape index (κ3) is 7.35. The van der Waals surface area contributed by atoms with Gasteiger partial charge >= 0.3 is 0 Å². The van der Waals surface area contributed by atoms with Gasteiger partial charge in [0.1, 0.15) is 11.2 Å². The Hall–Kier alpha value is -6.98. The maximum absolute atomic E-state index is 17.4. The van der Waals surface area contributed by atoms with Crippen LogP contribution in [0.1, 0.15) is 68.0 Å². The molecule has 0 radical (unpaired) electrons. The third-order valence-corrected chi connectivity index (χ3v) is 11.1. The summed E-state index contributed by atoms with van der Waals surface area (Å²) in [6, 6.07) is 45.0. The van der Waals surface area contributed by atoms with Gasteiger partial charge in [0.05, 0.1) is 0 Å². The number of rotatable bonds is 12. The lowest BCUT2D eigenvalue weighted by molar-refractivity contribution is -0.0824. The molecule has 11 heteroatoms. The fourth-order valence-corrected chi connectivity index (χ4v) is 8.19. The van der Waals surface area contributed by atoms with Gasteiger partial charge in [-0.25, -0.2) is 43.9 Å². The predicted molar refractivity (Wildman–Crippen MR) is 218 cm³/mol. The van der Waals surface area contributed by atoms with Crippen molar-refractivity contribution in [1.29, 1.82) is 0 Å². The highest BCUT2D eigenvalue weighted by Gasteiger charge is 2.51. The van der Waals surface area contributed by atoms with Crippen LogP contribution >= 0.6 is 0 Å². The second-order valence-corrected chi connectivity index (χ2v) is 14.6. The van der Waals surface area contributed by atoms with Crippen LogP contribution in [0.25, 0.3) is 0 Å². The molecule has 8 aromatic carbocycles. The molecule has 0 N–H and O–H groups in total. The zero-order valence-corrected chi connectivity index (χ0v) is 32.7. The van der Waals surface area contributed by atoms with E-state index in [-0.39, 0.29) is 34.4 Å². The SMILES string of the molecule is Fc1cc(C(F)c2ccccc2C(OC(c2ccccc2)(c2ccccc2)c2ccccc2C(F)c2cc(F)c(F)c(F)c2F)(c2ccccc2)c2ccccc2)c(F)c(F)c1F. The topological polar surface area (TPSA) is 9.23 Å². The Morgan fingerprint density at radius 1 is 0.302 bits per heavy atom. The molecule has 8 aromatic rings. The van der Waals surface area contributed by atoms with E-state index >= 15 is 17.6 Å². The van der Waals surface area contributed by atoms with Gasteiger partial charge in [-0.2, -0.15) is 0 Å². The van der Waals surface area contributed by atoms with Gasteiger partial charge in [-0.05, 0) is 56.6 Å². The molecule has 0 aliphatic carbocycles. The Labute approximate surface area is 355 Å². The second kappa shape index (κ2) is 17.4. The molecular weight excluding hydrogens is 831 g/mol. The molecule has 0 heterocycles. The summed E-state index contributed by atoms with van der Waals surface area (Å²) in [6.45, 7) is 0. The molecule has 2 unspecified atom stereocenters. The smallest absolute Gasteiger partial charge is 0.197 e. The van der Waals surface area contributed by atoms with Crippen molar-refractivity contribution in [3.05, 3.63) is 284 Å². The molecule has 0 spiro atoms. The number of halogens is 10. The van der Waals surface area contributed by atoms with Crippen LogP contribution in [0.2, 0.25) is 0 Å². The Bertz CT molecular complexity index is 2620. The first kappa shape index (κ1) is 42.7. The van der Waals surface area contributed by atoms with Gasteiger partial charge in [0.25, 0.3) is 0 Å². The Morgan fingerprint density at radius 3 is 0.873 bits per heavy atom. The van der Waals surface area contributed by atoms with Crippen LogP contribution in [-0.4, -0.2) is 0 Å². The summed E-state index contributed by atoms with van der Waals surface area (Å²) in [5, 5.41) is 0. The molecule has 0 aliphatic rings. The van der Waals surface area contributed by atoms with E-state index in [1.165, 1.54) is 48.5 Å². The molecule has 0 amide bonds. The molecule has 0 aliphatic heterocycles. The summed E-state index contributed by atoms with van der Waals surface area (Å²) in [6.07, 6.45) is -5.34. The Kier molecular flexibility index (Phi) is 11.8. The quantitative estimate of drug-likeness (QED) is 0.0515. The van der Waals surface area contributed by atoms with Crippen molar-refractivity contribution in [2.75, 3.05) is 0 Å². The van der Waals surface area contributed by atoms with Crippen molar-refractivity contribution in [3.63, 3.8) is 0 Å². The minimum Gasteiger partial charge on any atom is -0.340 e. The largest absolute Gasteiger partial charge is 0.340 e. The molecule has 63 heavy (non-hydrogen) atoms. The van der Waals surface area contributed by atoms with Gasteiger partial charge in [0.15, 0.2) is 58.9 Å². The molecule has 1 nitrogen and oxygen atoms in total. The van der Waals surface area contributed by atoms with E-state index < -0.39 is 81.2 Å². The Morgan fingerprint density at radius 2 is 0.571 bits per heavy atom. The fraction of sp³-hybridized carbons (Fsp3) is 0.0769. The van der Waals surface area contributed by atoms with Gasteiger partial charge in [-0.15, -0.1) is 0 Å². The molecule has 2 atom stereocenters. The highest BCUT2D eigenvalue weighted by Crippen LogP contribution is 2.54.